The molecule has 0 saturated heterocycles. The number of hydrogen-bond acceptors (Lipinski definition) is 7. The van der Waals surface area contributed by atoms with Gasteiger partial charge in [-0.15, -0.1) is 0 Å². The predicted octanol–water partition coefficient (Wildman–Crippen LogP) is 4.64. The quantitative estimate of drug-likeness (QED) is 0.188. The molecule has 1 aromatic carbocycles. The van der Waals surface area contributed by atoms with Crippen LogP contribution in [-0.2, 0) is 59.6 Å². The molecule has 0 atom stereocenters. The number of benzene rings is 1. The van der Waals surface area contributed by atoms with Crippen molar-refractivity contribution in [2.24, 2.45) is 0 Å². The van der Waals surface area contributed by atoms with Crippen LogP contribution in [0.2, 0.25) is 0 Å². The molecule has 0 unspecified atom stereocenters. The maximum Gasteiger partial charge on any atom is 0.111 e. The second kappa shape index (κ2) is 19.4. The van der Waals surface area contributed by atoms with Gasteiger partial charge in [-0.05, 0) is 28.7 Å². The molecule has 1 aromatic rings. The molecule has 0 fully saturated rings. The van der Waals surface area contributed by atoms with E-state index in [1.54, 1.807) is 0 Å². The van der Waals surface area contributed by atoms with E-state index >= 15 is 0 Å². The van der Waals surface area contributed by atoms with E-state index in [4.69, 9.17) is 33.2 Å². The highest BCUT2D eigenvalue weighted by molar-refractivity contribution is 5.38. The Hall–Kier alpha value is -2.32. The van der Waals surface area contributed by atoms with Gasteiger partial charge in [-0.25, -0.2) is 0 Å². The van der Waals surface area contributed by atoms with Crippen molar-refractivity contribution in [1.29, 1.82) is 0 Å². The minimum Gasteiger partial charge on any atom is -0.499 e. The summed E-state index contributed by atoms with van der Waals surface area (Å²) in [6, 6.07) is 4.22. The van der Waals surface area contributed by atoms with E-state index in [9.17, 15) is 0 Å². The summed E-state index contributed by atoms with van der Waals surface area (Å²) in [5, 5.41) is 0. The third kappa shape index (κ3) is 12.5. The maximum atomic E-state index is 5.81. The van der Waals surface area contributed by atoms with Crippen molar-refractivity contribution < 1.29 is 33.2 Å². The predicted molar refractivity (Wildman–Crippen MR) is 124 cm³/mol. The van der Waals surface area contributed by atoms with Crippen molar-refractivity contribution in [2.45, 2.75) is 39.8 Å². The molecule has 0 amide bonds. The summed E-state index contributed by atoms with van der Waals surface area (Å²) >= 11 is 0. The smallest absolute Gasteiger partial charge is 0.111 e. The van der Waals surface area contributed by atoms with Crippen LogP contribution < -0.4 is 0 Å². The summed E-state index contributed by atoms with van der Waals surface area (Å²) < 4.78 is 38.5. The summed E-state index contributed by atoms with van der Waals surface area (Å²) in [4.78, 5) is 0. The van der Waals surface area contributed by atoms with Crippen LogP contribution in [0, 0.1) is 0 Å². The first-order valence-electron chi connectivity index (χ1n) is 10.9. The SMILES string of the molecule is C=COCCOCc1cc(COCCOC=C)c(COCCOC=C)cc1COCCC. The number of rotatable bonds is 22. The third-order valence-electron chi connectivity index (χ3n) is 4.29. The van der Waals surface area contributed by atoms with Gasteiger partial charge in [0.25, 0.3) is 0 Å². The summed E-state index contributed by atoms with van der Waals surface area (Å²) in [6.07, 6.45) is 5.19. The van der Waals surface area contributed by atoms with Crippen LogP contribution in [0.4, 0.5) is 0 Å². The zero-order valence-corrected chi connectivity index (χ0v) is 19.4. The average molecular weight is 451 g/mol. The molecule has 0 saturated carbocycles. The van der Waals surface area contributed by atoms with Crippen molar-refractivity contribution in [3.8, 4) is 0 Å². The summed E-state index contributed by atoms with van der Waals surface area (Å²) in [5.74, 6) is 0. The Bertz CT molecular complexity index is 645. The second-order valence-corrected chi connectivity index (χ2v) is 6.71. The van der Waals surface area contributed by atoms with Gasteiger partial charge in [-0.3, -0.25) is 0 Å². The standard InChI is InChI=1S/C25H38O7/c1-5-9-29-18-22-16-24(20-31-14-11-27-7-3)25(21-32-15-12-28-8-4)17-23(22)19-30-13-10-26-6-2/h6-8,16-17H,2-5,9-15,18-21H2,1H3. The molecular formula is C25H38O7. The van der Waals surface area contributed by atoms with Crippen LogP contribution in [0.5, 0.6) is 0 Å². The minimum atomic E-state index is 0.436. The van der Waals surface area contributed by atoms with Crippen LogP contribution in [0.3, 0.4) is 0 Å². The van der Waals surface area contributed by atoms with Gasteiger partial charge in [-0.2, -0.15) is 0 Å². The van der Waals surface area contributed by atoms with Gasteiger partial charge in [0.15, 0.2) is 0 Å². The minimum absolute atomic E-state index is 0.436. The highest BCUT2D eigenvalue weighted by Crippen LogP contribution is 2.22. The summed E-state index contributed by atoms with van der Waals surface area (Å²) in [7, 11) is 0. The molecule has 32 heavy (non-hydrogen) atoms. The highest BCUT2D eigenvalue weighted by atomic mass is 16.5. The third-order valence-corrected chi connectivity index (χ3v) is 4.29. The zero-order chi connectivity index (χ0) is 23.3. The van der Waals surface area contributed by atoms with Crippen molar-refractivity contribution in [2.75, 3.05) is 46.2 Å². The van der Waals surface area contributed by atoms with Crippen LogP contribution in [0.25, 0.3) is 0 Å². The van der Waals surface area contributed by atoms with Crippen LogP contribution in [-0.4, -0.2) is 46.2 Å². The zero-order valence-electron chi connectivity index (χ0n) is 19.4. The summed E-state index contributed by atoms with van der Waals surface area (Å²) in [5.41, 5.74) is 4.21. The lowest BCUT2D eigenvalue weighted by Crippen LogP contribution is -2.10. The molecule has 0 heterocycles. The maximum absolute atomic E-state index is 5.81. The van der Waals surface area contributed by atoms with E-state index in [1.165, 1.54) is 18.8 Å². The van der Waals surface area contributed by atoms with Crippen LogP contribution >= 0.6 is 0 Å². The Labute approximate surface area is 192 Å². The molecule has 1 rings (SSSR count). The number of ether oxygens (including phenoxy) is 7. The largest absolute Gasteiger partial charge is 0.499 e. The Kier molecular flexibility index (Phi) is 16.8. The molecule has 0 bridgehead atoms. The molecule has 0 radical (unpaired) electrons. The van der Waals surface area contributed by atoms with Crippen molar-refractivity contribution in [1.82, 2.24) is 0 Å². The Morgan fingerprint density at radius 1 is 0.531 bits per heavy atom. The fourth-order valence-electron chi connectivity index (χ4n) is 2.77. The molecule has 0 aliphatic heterocycles. The monoisotopic (exact) mass is 450 g/mol. The van der Waals surface area contributed by atoms with Crippen LogP contribution in [0.1, 0.15) is 35.6 Å². The van der Waals surface area contributed by atoms with Crippen molar-refractivity contribution in [3.63, 3.8) is 0 Å². The van der Waals surface area contributed by atoms with Gasteiger partial charge < -0.3 is 33.2 Å². The number of hydrogen-bond donors (Lipinski definition) is 0. The van der Waals surface area contributed by atoms with Gasteiger partial charge in [0.2, 0.25) is 0 Å². The molecular weight excluding hydrogens is 412 g/mol. The van der Waals surface area contributed by atoms with E-state index < -0.39 is 0 Å². The van der Waals surface area contributed by atoms with E-state index in [-0.39, 0.29) is 0 Å². The lowest BCUT2D eigenvalue weighted by Gasteiger charge is -2.18. The normalized spacial score (nSPS) is 10.5. The lowest BCUT2D eigenvalue weighted by molar-refractivity contribution is 0.0638. The lowest BCUT2D eigenvalue weighted by atomic mass is 9.99. The first-order valence-corrected chi connectivity index (χ1v) is 10.9. The molecule has 180 valence electrons. The fourth-order valence-corrected chi connectivity index (χ4v) is 2.77. The molecule has 0 spiro atoms. The van der Waals surface area contributed by atoms with E-state index in [2.05, 4.69) is 38.8 Å². The van der Waals surface area contributed by atoms with Gasteiger partial charge in [0.1, 0.15) is 19.8 Å². The fraction of sp³-hybridized carbons (Fsp3) is 0.520. The van der Waals surface area contributed by atoms with Crippen LogP contribution in [0.15, 0.2) is 50.7 Å². The van der Waals surface area contributed by atoms with Gasteiger partial charge in [0.05, 0.1) is 65.0 Å². The first-order chi connectivity index (χ1) is 15.8. The van der Waals surface area contributed by atoms with Crippen molar-refractivity contribution in [3.05, 3.63) is 72.9 Å². The topological polar surface area (TPSA) is 64.6 Å². The van der Waals surface area contributed by atoms with Gasteiger partial charge in [-0.1, -0.05) is 38.8 Å². The Balaban J connectivity index is 2.92. The van der Waals surface area contributed by atoms with Gasteiger partial charge in [0, 0.05) is 6.61 Å². The first kappa shape index (κ1) is 27.7. The van der Waals surface area contributed by atoms with Crippen molar-refractivity contribution >= 4 is 0 Å². The average Bonchev–Trinajstić information content (AvgIpc) is 2.80. The summed E-state index contributed by atoms with van der Waals surface area (Å²) in [6.45, 7) is 18.0. The molecule has 0 aliphatic carbocycles. The van der Waals surface area contributed by atoms with E-state index in [0.717, 1.165) is 28.7 Å². The molecule has 0 N–H and O–H groups in total. The Morgan fingerprint density at radius 3 is 1.12 bits per heavy atom. The highest BCUT2D eigenvalue weighted by Gasteiger charge is 2.12. The van der Waals surface area contributed by atoms with E-state index in [1.807, 2.05) is 0 Å². The van der Waals surface area contributed by atoms with E-state index in [0.29, 0.717) is 72.7 Å². The molecule has 0 aromatic heterocycles. The molecule has 0 aliphatic rings. The second-order valence-electron chi connectivity index (χ2n) is 6.71. The Morgan fingerprint density at radius 2 is 0.844 bits per heavy atom. The van der Waals surface area contributed by atoms with Gasteiger partial charge >= 0.3 is 0 Å². The molecule has 7 heteroatoms. The molecule has 7 nitrogen and oxygen atoms in total.